The topological polar surface area (TPSA) is 61.8 Å². The van der Waals surface area contributed by atoms with Gasteiger partial charge in [0, 0.05) is 6.61 Å². The number of hydrogen-bond acceptors (Lipinski definition) is 5. The van der Waals surface area contributed by atoms with Crippen molar-refractivity contribution >= 4 is 9.84 Å². The van der Waals surface area contributed by atoms with E-state index in [1.165, 1.54) is 0 Å². The SMILES string of the molecule is CCOCCOCCOCS(=O)(=O)c1ccc(C)cc1. The van der Waals surface area contributed by atoms with Gasteiger partial charge in [0.2, 0.25) is 9.84 Å². The quantitative estimate of drug-likeness (QED) is 0.617. The van der Waals surface area contributed by atoms with Crippen LogP contribution in [-0.2, 0) is 24.0 Å². The van der Waals surface area contributed by atoms with E-state index < -0.39 is 9.84 Å². The van der Waals surface area contributed by atoms with Crippen LogP contribution >= 0.6 is 0 Å². The summed E-state index contributed by atoms with van der Waals surface area (Å²) in [5.74, 6) is -0.328. The average molecular weight is 302 g/mol. The molecule has 0 spiro atoms. The molecule has 0 fully saturated rings. The Hall–Kier alpha value is -0.950. The van der Waals surface area contributed by atoms with E-state index in [4.69, 9.17) is 14.2 Å². The van der Waals surface area contributed by atoms with Crippen LogP contribution in [0.3, 0.4) is 0 Å². The number of aryl methyl sites for hydroxylation is 1. The Morgan fingerprint density at radius 2 is 1.45 bits per heavy atom. The second-order valence-electron chi connectivity index (χ2n) is 4.26. The minimum absolute atomic E-state index is 0.247. The Labute approximate surface area is 120 Å². The van der Waals surface area contributed by atoms with E-state index in [2.05, 4.69) is 0 Å². The van der Waals surface area contributed by atoms with Crippen molar-refractivity contribution in [2.75, 3.05) is 39.0 Å². The lowest BCUT2D eigenvalue weighted by molar-refractivity contribution is 0.0249. The van der Waals surface area contributed by atoms with Gasteiger partial charge >= 0.3 is 0 Å². The van der Waals surface area contributed by atoms with Crippen LogP contribution in [0.2, 0.25) is 0 Å². The van der Waals surface area contributed by atoms with Crippen LogP contribution in [0.15, 0.2) is 29.2 Å². The molecule has 6 heteroatoms. The van der Waals surface area contributed by atoms with Crippen molar-refractivity contribution in [2.24, 2.45) is 0 Å². The molecule has 0 saturated carbocycles. The van der Waals surface area contributed by atoms with Crippen LogP contribution in [0.1, 0.15) is 12.5 Å². The number of rotatable bonds is 10. The largest absolute Gasteiger partial charge is 0.379 e. The molecule has 1 aromatic rings. The van der Waals surface area contributed by atoms with Gasteiger partial charge in [0.1, 0.15) is 0 Å². The predicted molar refractivity (Wildman–Crippen MR) is 76.5 cm³/mol. The summed E-state index contributed by atoms with van der Waals surface area (Å²) in [6, 6.07) is 6.71. The minimum atomic E-state index is -3.38. The molecule has 0 aromatic heterocycles. The van der Waals surface area contributed by atoms with Crippen molar-refractivity contribution in [1.29, 1.82) is 0 Å². The Kier molecular flexibility index (Phi) is 7.76. The summed E-state index contributed by atoms with van der Waals surface area (Å²) in [6.07, 6.45) is 0. The number of hydrogen-bond donors (Lipinski definition) is 0. The minimum Gasteiger partial charge on any atom is -0.379 e. The van der Waals surface area contributed by atoms with Gasteiger partial charge in [-0.3, -0.25) is 0 Å². The Morgan fingerprint density at radius 3 is 2.05 bits per heavy atom. The smallest absolute Gasteiger partial charge is 0.202 e. The van der Waals surface area contributed by atoms with Crippen LogP contribution in [0.4, 0.5) is 0 Å². The molecule has 0 amide bonds. The van der Waals surface area contributed by atoms with Gasteiger partial charge in [0.05, 0.1) is 31.3 Å². The molecule has 0 aliphatic heterocycles. The molecule has 0 atom stereocenters. The molecule has 0 aliphatic rings. The third-order valence-electron chi connectivity index (χ3n) is 2.57. The van der Waals surface area contributed by atoms with Gasteiger partial charge in [-0.1, -0.05) is 17.7 Å². The van der Waals surface area contributed by atoms with Gasteiger partial charge in [-0.05, 0) is 26.0 Å². The molecule has 1 aromatic carbocycles. The van der Waals surface area contributed by atoms with Crippen LogP contribution in [0.25, 0.3) is 0 Å². The molecule has 0 bridgehead atoms. The number of benzene rings is 1. The molecular formula is C14H22O5S. The first kappa shape index (κ1) is 17.1. The van der Waals surface area contributed by atoms with Gasteiger partial charge in [-0.15, -0.1) is 0 Å². The maximum absolute atomic E-state index is 11.9. The maximum Gasteiger partial charge on any atom is 0.202 e. The Bertz CT molecular complexity index is 467. The van der Waals surface area contributed by atoms with Gasteiger partial charge in [0.15, 0.2) is 5.94 Å². The molecule has 20 heavy (non-hydrogen) atoms. The molecule has 0 N–H and O–H groups in total. The first-order chi connectivity index (χ1) is 9.56. The van der Waals surface area contributed by atoms with Gasteiger partial charge in [0.25, 0.3) is 0 Å². The van der Waals surface area contributed by atoms with Gasteiger partial charge < -0.3 is 14.2 Å². The highest BCUT2D eigenvalue weighted by Gasteiger charge is 2.13. The summed E-state index contributed by atoms with van der Waals surface area (Å²) >= 11 is 0. The Morgan fingerprint density at radius 1 is 0.900 bits per heavy atom. The zero-order valence-electron chi connectivity index (χ0n) is 12.0. The van der Waals surface area contributed by atoms with E-state index in [-0.39, 0.29) is 17.4 Å². The van der Waals surface area contributed by atoms with Gasteiger partial charge in [-0.25, -0.2) is 8.42 Å². The first-order valence-corrected chi connectivity index (χ1v) is 8.24. The standard InChI is InChI=1S/C14H22O5S/c1-3-17-8-9-18-10-11-19-12-20(15,16)14-6-4-13(2)5-7-14/h4-7H,3,8-12H2,1-2H3. The molecule has 114 valence electrons. The predicted octanol–water partition coefficient (Wildman–Crippen LogP) is 1.80. The normalized spacial score (nSPS) is 11.7. The van der Waals surface area contributed by atoms with Crippen molar-refractivity contribution in [3.8, 4) is 0 Å². The maximum atomic E-state index is 11.9. The van der Waals surface area contributed by atoms with Crippen LogP contribution in [0, 0.1) is 6.92 Å². The van der Waals surface area contributed by atoms with Gasteiger partial charge in [-0.2, -0.15) is 0 Å². The van der Waals surface area contributed by atoms with E-state index in [1.807, 2.05) is 13.8 Å². The van der Waals surface area contributed by atoms with Crippen molar-refractivity contribution in [3.63, 3.8) is 0 Å². The fourth-order valence-corrected chi connectivity index (χ4v) is 2.49. The summed E-state index contributed by atoms with van der Waals surface area (Å²) in [4.78, 5) is 0.278. The zero-order chi connectivity index (χ0) is 14.8. The third-order valence-corrected chi connectivity index (χ3v) is 4.03. The molecule has 0 heterocycles. The summed E-state index contributed by atoms with van der Waals surface area (Å²) in [7, 11) is -3.38. The monoisotopic (exact) mass is 302 g/mol. The van der Waals surface area contributed by atoms with E-state index in [1.54, 1.807) is 24.3 Å². The van der Waals surface area contributed by atoms with E-state index in [9.17, 15) is 8.42 Å². The fourth-order valence-electron chi connectivity index (χ4n) is 1.46. The number of sulfone groups is 1. The zero-order valence-corrected chi connectivity index (χ0v) is 12.8. The summed E-state index contributed by atoms with van der Waals surface area (Å²) in [5, 5.41) is 0. The second-order valence-corrected chi connectivity index (χ2v) is 6.20. The van der Waals surface area contributed by atoms with E-state index in [0.29, 0.717) is 26.4 Å². The lowest BCUT2D eigenvalue weighted by Gasteiger charge is -2.07. The molecule has 0 unspecified atom stereocenters. The average Bonchev–Trinajstić information content (AvgIpc) is 2.42. The summed E-state index contributed by atoms with van der Waals surface area (Å²) in [5.41, 5.74) is 1.02. The van der Waals surface area contributed by atoms with Crippen LogP contribution in [0.5, 0.6) is 0 Å². The first-order valence-electron chi connectivity index (χ1n) is 6.59. The highest BCUT2D eigenvalue weighted by atomic mass is 32.2. The summed E-state index contributed by atoms with van der Waals surface area (Å²) in [6.45, 7) is 6.12. The van der Waals surface area contributed by atoms with Crippen molar-refractivity contribution in [3.05, 3.63) is 29.8 Å². The molecule has 0 saturated heterocycles. The lowest BCUT2D eigenvalue weighted by atomic mass is 10.2. The Balaban J connectivity index is 2.22. The second kappa shape index (κ2) is 9.07. The van der Waals surface area contributed by atoms with E-state index >= 15 is 0 Å². The molecule has 5 nitrogen and oxygen atoms in total. The highest BCUT2D eigenvalue weighted by molar-refractivity contribution is 7.91. The lowest BCUT2D eigenvalue weighted by Crippen LogP contribution is -2.14. The van der Waals surface area contributed by atoms with E-state index in [0.717, 1.165) is 5.56 Å². The molecule has 0 radical (unpaired) electrons. The molecule has 1 rings (SSSR count). The fraction of sp³-hybridized carbons (Fsp3) is 0.571. The van der Waals surface area contributed by atoms with Crippen LogP contribution < -0.4 is 0 Å². The highest BCUT2D eigenvalue weighted by Crippen LogP contribution is 2.12. The van der Waals surface area contributed by atoms with Crippen molar-refractivity contribution in [2.45, 2.75) is 18.7 Å². The van der Waals surface area contributed by atoms with Crippen molar-refractivity contribution < 1.29 is 22.6 Å². The van der Waals surface area contributed by atoms with Crippen LogP contribution in [-0.4, -0.2) is 47.4 Å². The number of ether oxygens (including phenoxy) is 3. The summed E-state index contributed by atoms with van der Waals surface area (Å²) < 4.78 is 39.3. The molecular weight excluding hydrogens is 280 g/mol. The molecule has 0 aliphatic carbocycles. The third kappa shape index (κ3) is 6.47. The van der Waals surface area contributed by atoms with Crippen molar-refractivity contribution in [1.82, 2.24) is 0 Å².